The Labute approximate surface area is 141 Å². The van der Waals surface area contributed by atoms with Crippen LogP contribution >= 0.6 is 11.6 Å². The number of benzene rings is 1. The third kappa shape index (κ3) is 3.51. The lowest BCUT2D eigenvalue weighted by atomic mass is 10.1. The first-order valence-corrected chi connectivity index (χ1v) is 8.37. The predicted molar refractivity (Wildman–Crippen MR) is 87.1 cm³/mol. The van der Waals surface area contributed by atoms with E-state index in [1.165, 1.54) is 6.92 Å². The number of amides is 2. The van der Waals surface area contributed by atoms with E-state index in [-0.39, 0.29) is 24.0 Å². The van der Waals surface area contributed by atoms with Gasteiger partial charge < -0.3 is 14.5 Å². The maximum atomic E-state index is 12.8. The van der Waals surface area contributed by atoms with E-state index in [1.54, 1.807) is 4.90 Å². The zero-order valence-corrected chi connectivity index (χ0v) is 14.0. The Morgan fingerprint density at radius 3 is 2.65 bits per heavy atom. The van der Waals surface area contributed by atoms with Gasteiger partial charge in [0, 0.05) is 25.0 Å². The Hall–Kier alpha value is -1.59. The Kier molecular flexibility index (Phi) is 4.87. The highest BCUT2D eigenvalue weighted by Gasteiger charge is 2.37. The van der Waals surface area contributed by atoms with Gasteiger partial charge in [0.15, 0.2) is 0 Å². The summed E-state index contributed by atoms with van der Waals surface area (Å²) >= 11 is 5.92. The normalized spacial score (nSPS) is 24.8. The summed E-state index contributed by atoms with van der Waals surface area (Å²) in [5.41, 5.74) is 1.02. The fraction of sp³-hybridized carbons (Fsp3) is 0.529. The van der Waals surface area contributed by atoms with Gasteiger partial charge in [0.05, 0.1) is 13.2 Å². The van der Waals surface area contributed by atoms with Crippen LogP contribution in [0.1, 0.15) is 31.4 Å². The molecule has 0 spiro atoms. The van der Waals surface area contributed by atoms with Crippen molar-refractivity contribution in [2.45, 2.75) is 31.9 Å². The molecule has 124 valence electrons. The smallest absolute Gasteiger partial charge is 0.245 e. The van der Waals surface area contributed by atoms with Crippen LogP contribution in [0, 0.1) is 0 Å². The fourth-order valence-corrected chi connectivity index (χ4v) is 3.47. The summed E-state index contributed by atoms with van der Waals surface area (Å²) < 4.78 is 5.80. The second kappa shape index (κ2) is 6.89. The third-order valence-corrected chi connectivity index (χ3v) is 4.81. The van der Waals surface area contributed by atoms with Crippen molar-refractivity contribution in [1.82, 2.24) is 9.80 Å². The van der Waals surface area contributed by atoms with Crippen molar-refractivity contribution in [3.63, 3.8) is 0 Å². The lowest BCUT2D eigenvalue weighted by Gasteiger charge is -2.36. The van der Waals surface area contributed by atoms with E-state index in [0.717, 1.165) is 18.4 Å². The number of hydrogen-bond acceptors (Lipinski definition) is 3. The molecule has 0 aliphatic carbocycles. The molecular weight excluding hydrogens is 316 g/mol. The molecule has 2 fully saturated rings. The highest BCUT2D eigenvalue weighted by molar-refractivity contribution is 6.30. The molecule has 0 unspecified atom stereocenters. The van der Waals surface area contributed by atoms with E-state index in [0.29, 0.717) is 31.3 Å². The predicted octanol–water partition coefficient (Wildman–Crippen LogP) is 2.25. The largest absolute Gasteiger partial charge is 0.370 e. The first kappa shape index (κ1) is 16.3. The molecule has 0 bridgehead atoms. The molecule has 2 atom stereocenters. The Morgan fingerprint density at radius 1 is 1.22 bits per heavy atom. The Bertz CT molecular complexity index is 590. The van der Waals surface area contributed by atoms with Gasteiger partial charge in [-0.05, 0) is 30.5 Å². The SMILES string of the molecule is CC(=O)N1CCC[C@H]1C(=O)N1CCO[C@@H](c2ccc(Cl)cc2)C1. The average Bonchev–Trinajstić information content (AvgIpc) is 3.05. The molecule has 2 heterocycles. The minimum absolute atomic E-state index is 0.0247. The molecule has 0 radical (unpaired) electrons. The van der Waals surface area contributed by atoms with Gasteiger partial charge in [0.2, 0.25) is 11.8 Å². The topological polar surface area (TPSA) is 49.9 Å². The molecule has 0 saturated carbocycles. The summed E-state index contributed by atoms with van der Waals surface area (Å²) in [4.78, 5) is 28.0. The van der Waals surface area contributed by atoms with E-state index < -0.39 is 0 Å². The van der Waals surface area contributed by atoms with Crippen LogP contribution in [0.4, 0.5) is 0 Å². The quantitative estimate of drug-likeness (QED) is 0.832. The van der Waals surface area contributed by atoms with Gasteiger partial charge in [0.25, 0.3) is 0 Å². The summed E-state index contributed by atoms with van der Waals surface area (Å²) in [5, 5.41) is 0.681. The van der Waals surface area contributed by atoms with E-state index >= 15 is 0 Å². The van der Waals surface area contributed by atoms with Crippen molar-refractivity contribution >= 4 is 23.4 Å². The first-order valence-electron chi connectivity index (χ1n) is 7.99. The molecule has 2 aliphatic rings. The molecule has 5 nitrogen and oxygen atoms in total. The maximum Gasteiger partial charge on any atom is 0.245 e. The van der Waals surface area contributed by atoms with Crippen LogP contribution in [0.25, 0.3) is 0 Å². The van der Waals surface area contributed by atoms with Gasteiger partial charge in [-0.1, -0.05) is 23.7 Å². The summed E-state index contributed by atoms with van der Waals surface area (Å²) in [6.45, 7) is 3.80. The molecular formula is C17H21ClN2O3. The van der Waals surface area contributed by atoms with E-state index in [9.17, 15) is 9.59 Å². The summed E-state index contributed by atoms with van der Waals surface area (Å²) in [6.07, 6.45) is 1.50. The minimum Gasteiger partial charge on any atom is -0.370 e. The number of morpholine rings is 1. The molecule has 1 aromatic rings. The van der Waals surface area contributed by atoms with Crippen LogP contribution < -0.4 is 0 Å². The summed E-state index contributed by atoms with van der Waals surface area (Å²) in [6, 6.07) is 7.21. The van der Waals surface area contributed by atoms with Crippen LogP contribution in [0.3, 0.4) is 0 Å². The van der Waals surface area contributed by atoms with Crippen molar-refractivity contribution in [1.29, 1.82) is 0 Å². The monoisotopic (exact) mass is 336 g/mol. The van der Waals surface area contributed by atoms with Gasteiger partial charge in [-0.2, -0.15) is 0 Å². The van der Waals surface area contributed by atoms with Crippen LogP contribution in [-0.2, 0) is 14.3 Å². The highest BCUT2D eigenvalue weighted by atomic mass is 35.5. The van der Waals surface area contributed by atoms with Gasteiger partial charge in [0.1, 0.15) is 12.1 Å². The molecule has 3 rings (SSSR count). The average molecular weight is 337 g/mol. The van der Waals surface area contributed by atoms with Crippen molar-refractivity contribution in [3.05, 3.63) is 34.9 Å². The zero-order valence-electron chi connectivity index (χ0n) is 13.2. The first-order chi connectivity index (χ1) is 11.1. The van der Waals surface area contributed by atoms with Crippen molar-refractivity contribution in [3.8, 4) is 0 Å². The minimum atomic E-state index is -0.309. The highest BCUT2D eigenvalue weighted by Crippen LogP contribution is 2.26. The third-order valence-electron chi connectivity index (χ3n) is 4.56. The molecule has 0 N–H and O–H groups in total. The molecule has 23 heavy (non-hydrogen) atoms. The van der Waals surface area contributed by atoms with Gasteiger partial charge in [-0.15, -0.1) is 0 Å². The molecule has 2 aliphatic heterocycles. The number of likely N-dealkylation sites (tertiary alicyclic amines) is 1. The maximum absolute atomic E-state index is 12.8. The molecule has 2 saturated heterocycles. The standard InChI is InChI=1S/C17H21ClN2O3/c1-12(21)20-8-2-3-15(20)17(22)19-9-10-23-16(11-19)13-4-6-14(18)7-5-13/h4-7,15-16H,2-3,8-11H2,1H3/t15-,16+/m0/s1. The second-order valence-corrected chi connectivity index (χ2v) is 6.50. The fourth-order valence-electron chi connectivity index (χ4n) is 3.34. The number of hydrogen-bond donors (Lipinski definition) is 0. The van der Waals surface area contributed by atoms with E-state index in [4.69, 9.17) is 16.3 Å². The van der Waals surface area contributed by atoms with Crippen molar-refractivity contribution in [2.24, 2.45) is 0 Å². The number of carbonyl (C=O) groups excluding carboxylic acids is 2. The van der Waals surface area contributed by atoms with Gasteiger partial charge >= 0.3 is 0 Å². The molecule has 0 aromatic heterocycles. The zero-order chi connectivity index (χ0) is 16.4. The lowest BCUT2D eigenvalue weighted by molar-refractivity contribution is -0.148. The molecule has 2 amide bonds. The van der Waals surface area contributed by atoms with Crippen molar-refractivity contribution < 1.29 is 14.3 Å². The van der Waals surface area contributed by atoms with Crippen LogP contribution in [0.5, 0.6) is 0 Å². The number of carbonyl (C=O) groups is 2. The number of rotatable bonds is 2. The number of ether oxygens (including phenoxy) is 1. The van der Waals surface area contributed by atoms with E-state index in [1.807, 2.05) is 29.2 Å². The Morgan fingerprint density at radius 2 is 1.96 bits per heavy atom. The van der Waals surface area contributed by atoms with Gasteiger partial charge in [-0.3, -0.25) is 9.59 Å². The van der Waals surface area contributed by atoms with Crippen LogP contribution in [-0.4, -0.2) is 53.9 Å². The molecule has 6 heteroatoms. The summed E-state index contributed by atoms with van der Waals surface area (Å²) in [7, 11) is 0. The number of nitrogens with zero attached hydrogens (tertiary/aromatic N) is 2. The van der Waals surface area contributed by atoms with Crippen molar-refractivity contribution in [2.75, 3.05) is 26.2 Å². The van der Waals surface area contributed by atoms with Crippen LogP contribution in [0.2, 0.25) is 5.02 Å². The van der Waals surface area contributed by atoms with E-state index in [2.05, 4.69) is 0 Å². The Balaban J connectivity index is 1.69. The summed E-state index contributed by atoms with van der Waals surface area (Å²) in [5.74, 6) is 0.0170. The number of halogens is 1. The van der Waals surface area contributed by atoms with Crippen LogP contribution in [0.15, 0.2) is 24.3 Å². The molecule has 1 aromatic carbocycles. The lowest BCUT2D eigenvalue weighted by Crippen LogP contribution is -2.51. The van der Waals surface area contributed by atoms with Gasteiger partial charge in [-0.25, -0.2) is 0 Å². The second-order valence-electron chi connectivity index (χ2n) is 6.07.